The lowest BCUT2D eigenvalue weighted by Gasteiger charge is -2.14. The van der Waals surface area contributed by atoms with Gasteiger partial charge in [0, 0.05) is 12.4 Å². The number of hydrogen-bond acceptors (Lipinski definition) is 5. The minimum atomic E-state index is -0.583. The van der Waals surface area contributed by atoms with Crippen LogP contribution in [0.3, 0.4) is 0 Å². The normalized spacial score (nSPS) is 18.1. The molecule has 1 fully saturated rings. The fourth-order valence-corrected chi connectivity index (χ4v) is 2.05. The van der Waals surface area contributed by atoms with Gasteiger partial charge in [-0.1, -0.05) is 6.07 Å². The highest BCUT2D eigenvalue weighted by atomic mass is 16.5. The third kappa shape index (κ3) is 3.78. The molecule has 0 spiro atoms. The number of nitrogens with two attached hydrogens (primary N) is 1. The third-order valence-electron chi connectivity index (χ3n) is 2.90. The van der Waals surface area contributed by atoms with Gasteiger partial charge in [-0.15, -0.1) is 0 Å². The highest BCUT2D eigenvalue weighted by Gasteiger charge is 2.32. The van der Waals surface area contributed by atoms with Gasteiger partial charge in [-0.2, -0.15) is 0 Å². The summed E-state index contributed by atoms with van der Waals surface area (Å²) in [5, 5.41) is 0. The van der Waals surface area contributed by atoms with Crippen LogP contribution in [-0.2, 0) is 25.5 Å². The number of ether oxygens (including phenoxy) is 1. The second-order valence-electron chi connectivity index (χ2n) is 4.59. The summed E-state index contributed by atoms with van der Waals surface area (Å²) in [5.41, 5.74) is 5.78. The average molecular weight is 277 g/mol. The molecule has 1 saturated heterocycles. The molecular weight excluding hydrogens is 262 g/mol. The monoisotopic (exact) mass is 277 g/mol. The zero-order valence-corrected chi connectivity index (χ0v) is 10.8. The number of likely N-dealkylation sites (tertiary alicyclic amines) is 1. The van der Waals surface area contributed by atoms with Crippen molar-refractivity contribution < 1.29 is 19.1 Å². The molecule has 2 amide bonds. The molecule has 0 unspecified atom stereocenters. The van der Waals surface area contributed by atoms with Crippen molar-refractivity contribution in [1.82, 2.24) is 9.88 Å². The molecule has 1 aliphatic heterocycles. The van der Waals surface area contributed by atoms with Crippen molar-refractivity contribution in [3.8, 4) is 0 Å². The number of esters is 1. The van der Waals surface area contributed by atoms with Gasteiger partial charge < -0.3 is 15.4 Å². The molecule has 106 valence electrons. The maximum Gasteiger partial charge on any atom is 0.310 e. The van der Waals surface area contributed by atoms with Crippen LogP contribution in [-0.4, -0.2) is 46.9 Å². The van der Waals surface area contributed by atoms with Crippen molar-refractivity contribution in [3.63, 3.8) is 0 Å². The second kappa shape index (κ2) is 6.14. The van der Waals surface area contributed by atoms with Crippen LogP contribution in [0.1, 0.15) is 12.0 Å². The van der Waals surface area contributed by atoms with Crippen LogP contribution < -0.4 is 5.73 Å². The number of rotatable bonds is 5. The Labute approximate surface area is 115 Å². The summed E-state index contributed by atoms with van der Waals surface area (Å²) in [7, 11) is 0. The molecule has 7 heteroatoms. The first-order valence-electron chi connectivity index (χ1n) is 6.19. The van der Waals surface area contributed by atoms with Crippen molar-refractivity contribution in [2.24, 2.45) is 5.73 Å². The number of carbonyl (C=O) groups excluding carboxylic acids is 3. The Morgan fingerprint density at radius 2 is 2.30 bits per heavy atom. The molecule has 2 rings (SSSR count). The highest BCUT2D eigenvalue weighted by Crippen LogP contribution is 2.14. The molecule has 7 nitrogen and oxygen atoms in total. The molecule has 0 bridgehead atoms. The van der Waals surface area contributed by atoms with Crippen molar-refractivity contribution in [2.75, 3.05) is 13.1 Å². The molecular formula is C13H15N3O4. The summed E-state index contributed by atoms with van der Waals surface area (Å²) < 4.78 is 5.22. The van der Waals surface area contributed by atoms with Crippen molar-refractivity contribution in [2.45, 2.75) is 18.9 Å². The van der Waals surface area contributed by atoms with Gasteiger partial charge >= 0.3 is 5.97 Å². The molecule has 0 saturated carbocycles. The van der Waals surface area contributed by atoms with Gasteiger partial charge in [0.2, 0.25) is 11.8 Å². The number of carbonyl (C=O) groups is 3. The fraction of sp³-hybridized carbons (Fsp3) is 0.385. The van der Waals surface area contributed by atoms with Gasteiger partial charge in [-0.05, 0) is 11.6 Å². The lowest BCUT2D eigenvalue weighted by Crippen LogP contribution is -2.35. The van der Waals surface area contributed by atoms with E-state index in [9.17, 15) is 14.4 Å². The van der Waals surface area contributed by atoms with Crippen LogP contribution in [0.4, 0.5) is 0 Å². The van der Waals surface area contributed by atoms with Gasteiger partial charge in [0.25, 0.3) is 0 Å². The summed E-state index contributed by atoms with van der Waals surface area (Å²) in [5.74, 6) is -1.24. The summed E-state index contributed by atoms with van der Waals surface area (Å²) in [6.45, 7) is 0.0655. The van der Waals surface area contributed by atoms with Gasteiger partial charge in [0.1, 0.15) is 6.10 Å². The molecule has 0 aliphatic carbocycles. The number of amides is 2. The molecule has 1 aliphatic rings. The minimum Gasteiger partial charge on any atom is -0.460 e. The number of pyridine rings is 1. The number of aromatic nitrogens is 1. The number of hydrogen-bond donors (Lipinski definition) is 1. The van der Waals surface area contributed by atoms with Gasteiger partial charge in [0.05, 0.1) is 25.9 Å². The van der Waals surface area contributed by atoms with Crippen molar-refractivity contribution in [3.05, 3.63) is 30.1 Å². The van der Waals surface area contributed by atoms with Crippen LogP contribution >= 0.6 is 0 Å². The predicted octanol–water partition coefficient (Wildman–Crippen LogP) is -0.746. The first-order valence-corrected chi connectivity index (χ1v) is 6.19. The fourth-order valence-electron chi connectivity index (χ4n) is 2.05. The smallest absolute Gasteiger partial charge is 0.310 e. The lowest BCUT2D eigenvalue weighted by molar-refractivity contribution is -0.147. The Balaban J connectivity index is 1.84. The SMILES string of the molecule is NC(=O)CN1C[C@@H](OC(=O)Cc2cccnc2)CC1=O. The van der Waals surface area contributed by atoms with E-state index in [1.807, 2.05) is 0 Å². The summed E-state index contributed by atoms with van der Waals surface area (Å²) in [6, 6.07) is 3.50. The van der Waals surface area contributed by atoms with Crippen LogP contribution in [0.25, 0.3) is 0 Å². The van der Waals surface area contributed by atoms with Crippen LogP contribution in [0, 0.1) is 0 Å². The summed E-state index contributed by atoms with van der Waals surface area (Å²) >= 11 is 0. The second-order valence-corrected chi connectivity index (χ2v) is 4.59. The van der Waals surface area contributed by atoms with Gasteiger partial charge in [0.15, 0.2) is 0 Å². The highest BCUT2D eigenvalue weighted by molar-refractivity contribution is 5.86. The predicted molar refractivity (Wildman–Crippen MR) is 68.2 cm³/mol. The Morgan fingerprint density at radius 1 is 1.50 bits per heavy atom. The van der Waals surface area contributed by atoms with E-state index in [0.717, 1.165) is 5.56 Å². The molecule has 1 aromatic rings. The molecule has 0 radical (unpaired) electrons. The van der Waals surface area contributed by atoms with Gasteiger partial charge in [-0.3, -0.25) is 19.4 Å². The number of nitrogens with zero attached hydrogens (tertiary/aromatic N) is 2. The molecule has 0 aromatic carbocycles. The largest absolute Gasteiger partial charge is 0.460 e. The standard InChI is InChI=1S/C13H15N3O4/c14-11(17)8-16-7-10(5-12(16)18)20-13(19)4-9-2-1-3-15-6-9/h1-3,6,10H,4-5,7-8H2,(H2,14,17)/t10-/m0/s1. The van der Waals surface area contributed by atoms with E-state index in [2.05, 4.69) is 4.98 Å². The zero-order valence-electron chi connectivity index (χ0n) is 10.8. The maximum absolute atomic E-state index is 11.7. The van der Waals surface area contributed by atoms with Gasteiger partial charge in [-0.25, -0.2) is 0 Å². The van der Waals surface area contributed by atoms with E-state index in [1.165, 1.54) is 4.90 Å². The molecule has 1 aromatic heterocycles. The summed E-state index contributed by atoms with van der Waals surface area (Å²) in [6.07, 6.45) is 2.87. The quantitative estimate of drug-likeness (QED) is 0.714. The molecule has 20 heavy (non-hydrogen) atoms. The molecule has 2 heterocycles. The van der Waals surface area contributed by atoms with Crippen LogP contribution in [0.2, 0.25) is 0 Å². The summed E-state index contributed by atoms with van der Waals surface area (Å²) in [4.78, 5) is 39.3. The first-order chi connectivity index (χ1) is 9.54. The lowest BCUT2D eigenvalue weighted by atomic mass is 10.2. The molecule has 2 N–H and O–H groups in total. The van der Waals surface area contributed by atoms with Crippen molar-refractivity contribution >= 4 is 17.8 Å². The van der Waals surface area contributed by atoms with Crippen LogP contribution in [0.5, 0.6) is 0 Å². The maximum atomic E-state index is 11.7. The Bertz CT molecular complexity index is 518. The van der Waals surface area contributed by atoms with E-state index < -0.39 is 18.0 Å². The van der Waals surface area contributed by atoms with Crippen molar-refractivity contribution in [1.29, 1.82) is 0 Å². The average Bonchev–Trinajstić information content (AvgIpc) is 2.69. The van der Waals surface area contributed by atoms with E-state index in [-0.39, 0.29) is 31.8 Å². The van der Waals surface area contributed by atoms with Crippen LogP contribution in [0.15, 0.2) is 24.5 Å². The third-order valence-corrected chi connectivity index (χ3v) is 2.90. The van der Waals surface area contributed by atoms with E-state index in [1.54, 1.807) is 24.5 Å². The Kier molecular flexibility index (Phi) is 4.29. The van der Waals surface area contributed by atoms with E-state index in [4.69, 9.17) is 10.5 Å². The topological polar surface area (TPSA) is 103 Å². The Morgan fingerprint density at radius 3 is 2.95 bits per heavy atom. The van der Waals surface area contributed by atoms with E-state index >= 15 is 0 Å². The van der Waals surface area contributed by atoms with E-state index in [0.29, 0.717) is 0 Å². The first kappa shape index (κ1) is 14.0. The molecule has 1 atom stereocenters. The number of primary amides is 1. The minimum absolute atomic E-state index is 0.0893. The Hall–Kier alpha value is -2.44. The zero-order chi connectivity index (χ0) is 14.5.